The Bertz CT molecular complexity index is 997. The second kappa shape index (κ2) is 12.5. The van der Waals surface area contributed by atoms with Crippen molar-refractivity contribution in [3.8, 4) is 0 Å². The molecule has 0 saturated carbocycles. The van der Waals surface area contributed by atoms with Crippen molar-refractivity contribution in [2.75, 3.05) is 19.7 Å². The number of hydrogen-bond donors (Lipinski definition) is 2. The second-order valence-electron chi connectivity index (χ2n) is 8.06. The molecule has 0 radical (unpaired) electrons. The minimum atomic E-state index is -4.01. The van der Waals surface area contributed by atoms with Crippen molar-refractivity contribution in [3.05, 3.63) is 78.6 Å². The van der Waals surface area contributed by atoms with E-state index < -0.39 is 34.1 Å². The molecule has 2 atom stereocenters. The fourth-order valence-electron chi connectivity index (χ4n) is 3.25. The first-order valence-electron chi connectivity index (χ1n) is 10.7. The molecule has 0 aliphatic rings. The summed E-state index contributed by atoms with van der Waals surface area (Å²) >= 11 is 0. The summed E-state index contributed by atoms with van der Waals surface area (Å²) in [5.74, 6) is -0.583. The molecule has 0 fully saturated rings. The fourth-order valence-corrected chi connectivity index (χ4v) is 4.87. The summed E-state index contributed by atoms with van der Waals surface area (Å²) in [5, 5.41) is 13.7. The molecule has 0 bridgehead atoms. The van der Waals surface area contributed by atoms with Gasteiger partial charge in [0, 0.05) is 13.1 Å². The quantitative estimate of drug-likeness (QED) is 0.456. The number of aliphatic hydroxyl groups is 1. The molecule has 0 aromatic heterocycles. The van der Waals surface area contributed by atoms with E-state index in [4.69, 9.17) is 4.74 Å². The van der Waals surface area contributed by atoms with Gasteiger partial charge >= 0.3 is 6.09 Å². The minimum Gasteiger partial charge on any atom is -0.445 e. The number of nitrogens with one attached hydrogen (secondary N) is 1. The van der Waals surface area contributed by atoms with Crippen LogP contribution in [0.1, 0.15) is 19.4 Å². The molecule has 2 aromatic rings. The number of amides is 1. The summed E-state index contributed by atoms with van der Waals surface area (Å²) in [6.07, 6.45) is -0.304. The van der Waals surface area contributed by atoms with Crippen LogP contribution < -0.4 is 5.32 Å². The third-order valence-electron chi connectivity index (χ3n) is 4.81. The van der Waals surface area contributed by atoms with Crippen LogP contribution in [0.2, 0.25) is 0 Å². The van der Waals surface area contributed by atoms with Crippen molar-refractivity contribution in [2.24, 2.45) is 5.92 Å². The lowest BCUT2D eigenvalue weighted by Crippen LogP contribution is -2.51. The number of halogens is 1. The summed E-state index contributed by atoms with van der Waals surface area (Å²) in [6.45, 7) is 7.06. The lowest BCUT2D eigenvalue weighted by Gasteiger charge is -2.30. The molecule has 7 nitrogen and oxygen atoms in total. The van der Waals surface area contributed by atoms with Gasteiger partial charge in [-0.25, -0.2) is 17.6 Å². The standard InChI is InChI=1S/C24H31FN2O5S/c1-4-14-32-24(29)26-22(15-19-8-6-5-7-9-19)23(28)17-27(16-18(2)3)33(30,31)21-12-10-20(25)11-13-21/h4-13,18,22-23,28H,1,14-17H2,2-3H3,(H,26,29)/t22-,23+/m0/s1. The lowest BCUT2D eigenvalue weighted by atomic mass is 10.0. The maximum Gasteiger partial charge on any atom is 0.407 e. The van der Waals surface area contributed by atoms with Crippen LogP contribution in [0.25, 0.3) is 0 Å². The molecular formula is C24H31FN2O5S. The molecule has 0 spiro atoms. The first-order valence-corrected chi connectivity index (χ1v) is 12.1. The maximum absolute atomic E-state index is 13.3. The largest absolute Gasteiger partial charge is 0.445 e. The smallest absolute Gasteiger partial charge is 0.407 e. The molecule has 0 saturated heterocycles. The zero-order valence-corrected chi connectivity index (χ0v) is 19.7. The number of aliphatic hydroxyl groups excluding tert-OH is 1. The Kier molecular flexibility index (Phi) is 10.0. The summed E-state index contributed by atoms with van der Waals surface area (Å²) in [6, 6.07) is 12.9. The normalized spacial score (nSPS) is 13.5. The van der Waals surface area contributed by atoms with E-state index in [2.05, 4.69) is 11.9 Å². The van der Waals surface area contributed by atoms with Crippen LogP contribution in [-0.4, -0.2) is 55.8 Å². The van der Waals surface area contributed by atoms with E-state index in [0.717, 1.165) is 22.0 Å². The Balaban J connectivity index is 2.28. The van der Waals surface area contributed by atoms with Crippen molar-refractivity contribution in [2.45, 2.75) is 37.3 Å². The molecule has 2 N–H and O–H groups in total. The lowest BCUT2D eigenvalue weighted by molar-refractivity contribution is 0.0920. The van der Waals surface area contributed by atoms with Crippen LogP contribution in [0.15, 0.2) is 72.1 Å². The van der Waals surface area contributed by atoms with E-state index in [-0.39, 0.29) is 36.9 Å². The Morgan fingerprint density at radius 3 is 2.36 bits per heavy atom. The van der Waals surface area contributed by atoms with Crippen LogP contribution in [-0.2, 0) is 21.2 Å². The van der Waals surface area contributed by atoms with E-state index in [1.165, 1.54) is 18.2 Å². The van der Waals surface area contributed by atoms with Crippen molar-refractivity contribution in [3.63, 3.8) is 0 Å². The topological polar surface area (TPSA) is 95.9 Å². The molecule has 180 valence electrons. The maximum atomic E-state index is 13.3. The van der Waals surface area contributed by atoms with Crippen molar-refractivity contribution >= 4 is 16.1 Å². The Labute approximate surface area is 194 Å². The van der Waals surface area contributed by atoms with Crippen LogP contribution in [0.3, 0.4) is 0 Å². The number of nitrogens with zero attached hydrogens (tertiary/aromatic N) is 1. The first kappa shape index (κ1) is 26.5. The molecule has 0 unspecified atom stereocenters. The first-order chi connectivity index (χ1) is 15.6. The summed E-state index contributed by atoms with van der Waals surface area (Å²) in [5.41, 5.74) is 0.849. The summed E-state index contributed by atoms with van der Waals surface area (Å²) < 4.78 is 45.9. The highest BCUT2D eigenvalue weighted by atomic mass is 32.2. The highest BCUT2D eigenvalue weighted by Crippen LogP contribution is 2.19. The number of carbonyl (C=O) groups excluding carboxylic acids is 1. The third-order valence-corrected chi connectivity index (χ3v) is 6.66. The van der Waals surface area contributed by atoms with E-state index in [0.29, 0.717) is 0 Å². The minimum absolute atomic E-state index is 0.00158. The Morgan fingerprint density at radius 1 is 1.15 bits per heavy atom. The fraction of sp³-hybridized carbons (Fsp3) is 0.375. The van der Waals surface area contributed by atoms with Gasteiger partial charge in [0.15, 0.2) is 0 Å². The van der Waals surface area contributed by atoms with E-state index >= 15 is 0 Å². The van der Waals surface area contributed by atoms with Crippen LogP contribution in [0.4, 0.5) is 9.18 Å². The average Bonchev–Trinajstić information content (AvgIpc) is 2.77. The molecular weight excluding hydrogens is 447 g/mol. The molecule has 9 heteroatoms. The van der Waals surface area contributed by atoms with Gasteiger partial charge in [-0.1, -0.05) is 56.8 Å². The van der Waals surface area contributed by atoms with E-state index in [1.54, 1.807) is 0 Å². The van der Waals surface area contributed by atoms with Gasteiger partial charge in [0.25, 0.3) is 0 Å². The van der Waals surface area contributed by atoms with Gasteiger partial charge in [0.1, 0.15) is 12.4 Å². The van der Waals surface area contributed by atoms with E-state index in [1.807, 2.05) is 44.2 Å². The van der Waals surface area contributed by atoms with Gasteiger partial charge < -0.3 is 15.2 Å². The van der Waals surface area contributed by atoms with Crippen molar-refractivity contribution in [1.29, 1.82) is 0 Å². The molecule has 1 amide bonds. The van der Waals surface area contributed by atoms with Crippen LogP contribution in [0, 0.1) is 11.7 Å². The van der Waals surface area contributed by atoms with Gasteiger partial charge in [-0.3, -0.25) is 0 Å². The third kappa shape index (κ3) is 8.27. The molecule has 2 rings (SSSR count). The SMILES string of the molecule is C=CCOC(=O)N[C@@H](Cc1ccccc1)[C@H](O)CN(CC(C)C)S(=O)(=O)c1ccc(F)cc1. The summed E-state index contributed by atoms with van der Waals surface area (Å²) in [7, 11) is -4.01. The Hall–Kier alpha value is -2.75. The number of sulfonamides is 1. The van der Waals surface area contributed by atoms with Crippen molar-refractivity contribution in [1.82, 2.24) is 9.62 Å². The number of hydrogen-bond acceptors (Lipinski definition) is 5. The average molecular weight is 479 g/mol. The van der Waals surface area contributed by atoms with Gasteiger partial charge in [0.05, 0.1) is 17.0 Å². The van der Waals surface area contributed by atoms with E-state index in [9.17, 15) is 22.7 Å². The highest BCUT2D eigenvalue weighted by molar-refractivity contribution is 7.89. The molecule has 0 aliphatic carbocycles. The van der Waals surface area contributed by atoms with Gasteiger partial charge in [-0.2, -0.15) is 4.31 Å². The zero-order chi connectivity index (χ0) is 24.4. The molecule has 33 heavy (non-hydrogen) atoms. The molecule has 0 heterocycles. The van der Waals surface area contributed by atoms with Crippen molar-refractivity contribution < 1.29 is 27.4 Å². The number of rotatable bonds is 12. The predicted octanol–water partition coefficient (Wildman–Crippen LogP) is 3.36. The van der Waals surface area contributed by atoms with Crippen LogP contribution >= 0.6 is 0 Å². The van der Waals surface area contributed by atoms with Gasteiger partial charge in [-0.05, 0) is 42.2 Å². The zero-order valence-electron chi connectivity index (χ0n) is 18.9. The number of ether oxygens (including phenoxy) is 1. The highest BCUT2D eigenvalue weighted by Gasteiger charge is 2.31. The molecule has 0 aliphatic heterocycles. The van der Waals surface area contributed by atoms with Crippen LogP contribution in [0.5, 0.6) is 0 Å². The Morgan fingerprint density at radius 2 is 1.79 bits per heavy atom. The second-order valence-corrected chi connectivity index (χ2v) is 10.0. The molecule has 2 aromatic carbocycles. The number of benzene rings is 2. The number of alkyl carbamates (subject to hydrolysis) is 1. The number of carbonyl (C=O) groups is 1. The predicted molar refractivity (Wildman–Crippen MR) is 125 cm³/mol. The van der Waals surface area contributed by atoms with Gasteiger partial charge in [0.2, 0.25) is 10.0 Å². The monoisotopic (exact) mass is 478 g/mol. The summed E-state index contributed by atoms with van der Waals surface area (Å²) in [4.78, 5) is 12.1. The van der Waals surface area contributed by atoms with Gasteiger partial charge in [-0.15, -0.1) is 0 Å².